The number of hydrogen-bond acceptors (Lipinski definition) is 5. The first-order chi connectivity index (χ1) is 12.2. The molecule has 1 aliphatic rings. The van der Waals surface area contributed by atoms with Crippen molar-refractivity contribution >= 4 is 40.3 Å². The Balaban J connectivity index is 1.47. The van der Waals surface area contributed by atoms with Crippen LogP contribution in [0.1, 0.15) is 0 Å². The van der Waals surface area contributed by atoms with Crippen LogP contribution in [0.25, 0.3) is 16.9 Å². The maximum absolute atomic E-state index is 12.0. The molecule has 0 bridgehead atoms. The minimum atomic E-state index is -0.224. The summed E-state index contributed by atoms with van der Waals surface area (Å²) < 4.78 is 1.89. The summed E-state index contributed by atoms with van der Waals surface area (Å²) in [5, 5.41) is 2.77. The van der Waals surface area contributed by atoms with Crippen LogP contribution in [-0.4, -0.2) is 49.4 Å². The number of anilines is 1. The van der Waals surface area contributed by atoms with Crippen LogP contribution in [0.3, 0.4) is 0 Å². The quantitative estimate of drug-likeness (QED) is 0.775. The summed E-state index contributed by atoms with van der Waals surface area (Å²) in [6, 6.07) is 11.4. The van der Waals surface area contributed by atoms with E-state index in [-0.39, 0.29) is 18.4 Å². The van der Waals surface area contributed by atoms with Crippen LogP contribution in [0.4, 0.5) is 5.69 Å². The summed E-state index contributed by atoms with van der Waals surface area (Å²) in [7, 11) is 0. The Morgan fingerprint density at radius 2 is 2.08 bits per heavy atom. The van der Waals surface area contributed by atoms with Gasteiger partial charge in [-0.2, -0.15) is 0 Å². The van der Waals surface area contributed by atoms with Gasteiger partial charge >= 0.3 is 0 Å². The first-order valence-electron chi connectivity index (χ1n) is 7.74. The molecule has 1 aliphatic heterocycles. The molecule has 4 rings (SSSR count). The number of nitrogens with zero attached hydrogens (tertiary/aromatic N) is 4. The zero-order valence-electron chi connectivity index (χ0n) is 13.3. The third-order valence-electron chi connectivity index (χ3n) is 3.89. The first kappa shape index (κ1) is 15.6. The minimum absolute atomic E-state index is 0.000564. The molecule has 0 spiro atoms. The van der Waals surface area contributed by atoms with E-state index in [4.69, 9.17) is 0 Å². The van der Waals surface area contributed by atoms with Crippen molar-refractivity contribution in [3.8, 4) is 5.82 Å². The monoisotopic (exact) mass is 353 g/mol. The van der Waals surface area contributed by atoms with Crippen molar-refractivity contribution < 1.29 is 9.59 Å². The van der Waals surface area contributed by atoms with E-state index in [1.165, 1.54) is 11.8 Å². The number of carbonyl (C=O) groups excluding carboxylic acids is 2. The Bertz CT molecular complexity index is 938. The number of benzene rings is 1. The Hall–Kier alpha value is -2.87. The molecular formula is C17H15N5O2S. The van der Waals surface area contributed by atoms with Crippen LogP contribution in [0.5, 0.6) is 0 Å². The van der Waals surface area contributed by atoms with E-state index in [1.54, 1.807) is 23.5 Å². The Morgan fingerprint density at radius 1 is 1.20 bits per heavy atom. The standard InChI is InChI=1S/C17H15N5O2S/c23-16(8-21-11-25-9-17(21)24)20-12-5-6-15(18-7-12)22-10-19-13-3-1-2-4-14(13)22/h1-7,10H,8-9,11H2,(H,20,23). The lowest BCUT2D eigenvalue weighted by Gasteiger charge is -2.14. The van der Waals surface area contributed by atoms with Crippen LogP contribution in [-0.2, 0) is 9.59 Å². The second kappa shape index (κ2) is 6.56. The van der Waals surface area contributed by atoms with E-state index >= 15 is 0 Å². The van der Waals surface area contributed by atoms with Crippen molar-refractivity contribution in [1.29, 1.82) is 0 Å². The molecular weight excluding hydrogens is 338 g/mol. The zero-order chi connectivity index (χ0) is 17.2. The van der Waals surface area contributed by atoms with Crippen molar-refractivity contribution in [2.45, 2.75) is 0 Å². The highest BCUT2D eigenvalue weighted by Crippen LogP contribution is 2.18. The SMILES string of the molecule is O=C(CN1CSCC1=O)Nc1ccc(-n2cnc3ccccc32)nc1. The van der Waals surface area contributed by atoms with Gasteiger partial charge in [-0.15, -0.1) is 11.8 Å². The molecule has 2 amide bonds. The predicted octanol–water partition coefficient (Wildman–Crippen LogP) is 1.89. The van der Waals surface area contributed by atoms with Crippen molar-refractivity contribution in [2.24, 2.45) is 0 Å². The van der Waals surface area contributed by atoms with Gasteiger partial charge in [0.1, 0.15) is 18.7 Å². The highest BCUT2D eigenvalue weighted by Gasteiger charge is 2.22. The second-order valence-corrected chi connectivity index (χ2v) is 6.58. The number of carbonyl (C=O) groups is 2. The molecule has 2 aromatic heterocycles. The number of hydrogen-bond donors (Lipinski definition) is 1. The molecule has 3 heterocycles. The number of rotatable bonds is 4. The van der Waals surface area contributed by atoms with Gasteiger partial charge in [-0.25, -0.2) is 9.97 Å². The summed E-state index contributed by atoms with van der Waals surface area (Å²) >= 11 is 1.52. The fourth-order valence-corrected chi connectivity index (χ4v) is 3.56. The Labute approximate surface area is 148 Å². The number of fused-ring (bicyclic) bond motifs is 1. The number of pyridine rings is 1. The number of thioether (sulfide) groups is 1. The van der Waals surface area contributed by atoms with Crippen LogP contribution < -0.4 is 5.32 Å². The first-order valence-corrected chi connectivity index (χ1v) is 8.90. The molecule has 1 fully saturated rings. The molecule has 0 aliphatic carbocycles. The molecule has 7 nitrogen and oxygen atoms in total. The molecule has 0 unspecified atom stereocenters. The molecule has 126 valence electrons. The number of imidazole rings is 1. The third-order valence-corrected chi connectivity index (χ3v) is 4.84. The third kappa shape index (κ3) is 3.20. The molecule has 3 aromatic rings. The summed E-state index contributed by atoms with van der Waals surface area (Å²) in [4.78, 5) is 33.9. The van der Waals surface area contributed by atoms with E-state index in [1.807, 2.05) is 34.9 Å². The number of nitrogens with one attached hydrogen (secondary N) is 1. The summed E-state index contributed by atoms with van der Waals surface area (Å²) in [5.41, 5.74) is 2.46. The summed E-state index contributed by atoms with van der Waals surface area (Å²) in [6.45, 7) is 0.0692. The van der Waals surface area contributed by atoms with Crippen LogP contribution in [0.15, 0.2) is 48.9 Å². The van der Waals surface area contributed by atoms with E-state index in [0.29, 0.717) is 17.3 Å². The van der Waals surface area contributed by atoms with Gasteiger partial charge in [0.2, 0.25) is 11.8 Å². The van der Waals surface area contributed by atoms with E-state index < -0.39 is 0 Å². The average molecular weight is 353 g/mol. The van der Waals surface area contributed by atoms with Gasteiger partial charge in [-0.3, -0.25) is 14.2 Å². The lowest BCUT2D eigenvalue weighted by Crippen LogP contribution is -2.34. The maximum Gasteiger partial charge on any atom is 0.244 e. The topological polar surface area (TPSA) is 80.1 Å². The van der Waals surface area contributed by atoms with Gasteiger partial charge in [0.05, 0.1) is 34.5 Å². The fraction of sp³-hybridized carbons (Fsp3) is 0.176. The van der Waals surface area contributed by atoms with Gasteiger partial charge in [0.25, 0.3) is 0 Å². The Kier molecular flexibility index (Phi) is 4.10. The number of aromatic nitrogens is 3. The van der Waals surface area contributed by atoms with Gasteiger partial charge in [-0.05, 0) is 24.3 Å². The van der Waals surface area contributed by atoms with Crippen molar-refractivity contribution in [3.05, 3.63) is 48.9 Å². The maximum atomic E-state index is 12.0. The molecule has 1 saturated heterocycles. The van der Waals surface area contributed by atoms with Crippen LogP contribution >= 0.6 is 11.8 Å². The van der Waals surface area contributed by atoms with E-state index in [2.05, 4.69) is 15.3 Å². The lowest BCUT2D eigenvalue weighted by atomic mass is 10.3. The largest absolute Gasteiger partial charge is 0.323 e. The van der Waals surface area contributed by atoms with Crippen LogP contribution in [0, 0.1) is 0 Å². The van der Waals surface area contributed by atoms with Crippen molar-refractivity contribution in [2.75, 3.05) is 23.5 Å². The minimum Gasteiger partial charge on any atom is -0.323 e. The smallest absolute Gasteiger partial charge is 0.244 e. The second-order valence-electron chi connectivity index (χ2n) is 5.63. The molecule has 25 heavy (non-hydrogen) atoms. The van der Waals surface area contributed by atoms with E-state index in [9.17, 15) is 9.59 Å². The van der Waals surface area contributed by atoms with Gasteiger partial charge in [0, 0.05) is 0 Å². The molecule has 0 atom stereocenters. The van der Waals surface area contributed by atoms with Gasteiger partial charge < -0.3 is 10.2 Å². The molecule has 1 aromatic carbocycles. The molecule has 1 N–H and O–H groups in total. The van der Waals surface area contributed by atoms with Gasteiger partial charge in [0.15, 0.2) is 0 Å². The molecule has 0 saturated carbocycles. The van der Waals surface area contributed by atoms with Crippen molar-refractivity contribution in [1.82, 2.24) is 19.4 Å². The normalized spacial score (nSPS) is 14.2. The fourth-order valence-electron chi connectivity index (χ4n) is 2.66. The molecule has 0 radical (unpaired) electrons. The predicted molar refractivity (Wildman–Crippen MR) is 96.5 cm³/mol. The highest BCUT2D eigenvalue weighted by atomic mass is 32.2. The van der Waals surface area contributed by atoms with Gasteiger partial charge in [-0.1, -0.05) is 12.1 Å². The average Bonchev–Trinajstić information content (AvgIpc) is 3.22. The summed E-state index contributed by atoms with van der Waals surface area (Å²) in [5.74, 6) is 1.51. The number of amides is 2. The number of para-hydroxylation sites is 2. The molecule has 8 heteroatoms. The van der Waals surface area contributed by atoms with Crippen molar-refractivity contribution in [3.63, 3.8) is 0 Å². The van der Waals surface area contributed by atoms with E-state index in [0.717, 1.165) is 16.9 Å². The highest BCUT2D eigenvalue weighted by molar-refractivity contribution is 8.00. The van der Waals surface area contributed by atoms with Crippen LogP contribution in [0.2, 0.25) is 0 Å². The zero-order valence-corrected chi connectivity index (χ0v) is 14.1. The lowest BCUT2D eigenvalue weighted by molar-refractivity contribution is -0.130. The Morgan fingerprint density at radius 3 is 2.84 bits per heavy atom. The summed E-state index contributed by atoms with van der Waals surface area (Å²) in [6.07, 6.45) is 3.32.